The summed E-state index contributed by atoms with van der Waals surface area (Å²) in [4.78, 5) is 29.0. The van der Waals surface area contributed by atoms with Crippen molar-refractivity contribution in [3.8, 4) is 0 Å². The summed E-state index contributed by atoms with van der Waals surface area (Å²) < 4.78 is 0. The topological polar surface area (TPSA) is 81.3 Å². The first kappa shape index (κ1) is 20.6. The summed E-state index contributed by atoms with van der Waals surface area (Å²) in [5.41, 5.74) is 3.48. The predicted octanol–water partition coefficient (Wildman–Crippen LogP) is 1.66. The molecule has 0 spiro atoms. The third-order valence-electron chi connectivity index (χ3n) is 5.20. The van der Waals surface area contributed by atoms with Crippen molar-refractivity contribution in [1.82, 2.24) is 25.3 Å². The molecule has 28 heavy (non-hydrogen) atoms. The highest BCUT2D eigenvalue weighted by Crippen LogP contribution is 2.18. The van der Waals surface area contributed by atoms with Crippen LogP contribution in [0.3, 0.4) is 0 Å². The third-order valence-corrected chi connectivity index (χ3v) is 5.45. The van der Waals surface area contributed by atoms with Gasteiger partial charge in [0.2, 0.25) is 5.91 Å². The maximum Gasteiger partial charge on any atom is 0.274 e. The Morgan fingerprint density at radius 2 is 1.75 bits per heavy atom. The minimum Gasteiger partial charge on any atom is -0.339 e. The van der Waals surface area contributed by atoms with Crippen molar-refractivity contribution in [2.24, 2.45) is 0 Å². The van der Waals surface area contributed by atoms with E-state index in [4.69, 9.17) is 11.6 Å². The van der Waals surface area contributed by atoms with Crippen LogP contribution in [0.1, 0.15) is 27.3 Å². The lowest BCUT2D eigenvalue weighted by atomic mass is 10.1. The van der Waals surface area contributed by atoms with Gasteiger partial charge in [-0.3, -0.25) is 14.7 Å². The van der Waals surface area contributed by atoms with Gasteiger partial charge in [0.1, 0.15) is 0 Å². The summed E-state index contributed by atoms with van der Waals surface area (Å²) in [6, 6.07) is 7.32. The molecule has 0 saturated carbocycles. The minimum absolute atomic E-state index is 0. The van der Waals surface area contributed by atoms with Gasteiger partial charge >= 0.3 is 0 Å². The second-order valence-electron chi connectivity index (χ2n) is 6.93. The molecule has 0 bridgehead atoms. The molecule has 2 amide bonds. The lowest BCUT2D eigenvalue weighted by Gasteiger charge is -2.34. The van der Waals surface area contributed by atoms with Crippen molar-refractivity contribution in [3.05, 3.63) is 51.8 Å². The first-order valence-corrected chi connectivity index (χ1v) is 9.58. The van der Waals surface area contributed by atoms with Crippen LogP contribution in [-0.2, 0) is 24.2 Å². The van der Waals surface area contributed by atoms with Crippen molar-refractivity contribution in [2.45, 2.75) is 19.4 Å². The predicted molar refractivity (Wildman–Crippen MR) is 109 cm³/mol. The summed E-state index contributed by atoms with van der Waals surface area (Å²) >= 11 is 5.89. The van der Waals surface area contributed by atoms with Gasteiger partial charge in [-0.05, 0) is 17.7 Å². The van der Waals surface area contributed by atoms with Gasteiger partial charge in [-0.1, -0.05) is 23.7 Å². The lowest BCUT2D eigenvalue weighted by molar-refractivity contribution is -0.131. The summed E-state index contributed by atoms with van der Waals surface area (Å²) in [6.45, 7) is 3.72. The fourth-order valence-corrected chi connectivity index (χ4v) is 3.73. The third kappa shape index (κ3) is 4.32. The Balaban J connectivity index is 0.00000225. The van der Waals surface area contributed by atoms with E-state index in [1.165, 1.54) is 0 Å². The summed E-state index contributed by atoms with van der Waals surface area (Å²) in [5.74, 6) is 0.0202. The van der Waals surface area contributed by atoms with Gasteiger partial charge in [0, 0.05) is 62.0 Å². The van der Waals surface area contributed by atoms with Gasteiger partial charge in [0.25, 0.3) is 5.91 Å². The highest BCUT2D eigenvalue weighted by atomic mass is 35.5. The van der Waals surface area contributed by atoms with Crippen LogP contribution in [0, 0.1) is 0 Å². The van der Waals surface area contributed by atoms with Crippen LogP contribution >= 0.6 is 24.0 Å². The monoisotopic (exact) mass is 423 g/mol. The van der Waals surface area contributed by atoms with Gasteiger partial charge in [-0.25, -0.2) is 0 Å². The number of aromatic nitrogens is 2. The molecule has 7 nitrogen and oxygen atoms in total. The second-order valence-corrected chi connectivity index (χ2v) is 7.37. The number of H-pyrrole nitrogens is 1. The highest BCUT2D eigenvalue weighted by Gasteiger charge is 2.29. The van der Waals surface area contributed by atoms with Crippen molar-refractivity contribution in [3.63, 3.8) is 0 Å². The number of hydrogen-bond acceptors (Lipinski definition) is 4. The largest absolute Gasteiger partial charge is 0.339 e. The van der Waals surface area contributed by atoms with Crippen LogP contribution in [0.5, 0.6) is 0 Å². The number of nitrogens with zero attached hydrogens (tertiary/aromatic N) is 3. The average Bonchev–Trinajstić information content (AvgIpc) is 3.13. The van der Waals surface area contributed by atoms with E-state index in [1.807, 2.05) is 17.0 Å². The molecule has 2 aliphatic rings. The van der Waals surface area contributed by atoms with Crippen molar-refractivity contribution in [2.75, 3.05) is 32.7 Å². The molecule has 3 heterocycles. The molecule has 0 aliphatic carbocycles. The van der Waals surface area contributed by atoms with Gasteiger partial charge in [0.05, 0.1) is 6.42 Å². The zero-order chi connectivity index (χ0) is 18.8. The molecule has 0 atom stereocenters. The molecule has 2 N–H and O–H groups in total. The molecule has 0 radical (unpaired) electrons. The molecule has 150 valence electrons. The van der Waals surface area contributed by atoms with Crippen LogP contribution in [0.4, 0.5) is 0 Å². The van der Waals surface area contributed by atoms with E-state index >= 15 is 0 Å². The zero-order valence-corrected chi connectivity index (χ0v) is 17.0. The van der Waals surface area contributed by atoms with E-state index in [-0.39, 0.29) is 24.2 Å². The summed E-state index contributed by atoms with van der Waals surface area (Å²) in [7, 11) is 0. The molecule has 2 aromatic rings. The first-order valence-electron chi connectivity index (χ1n) is 9.20. The van der Waals surface area contributed by atoms with E-state index < -0.39 is 0 Å². The number of carbonyl (C=O) groups is 2. The van der Waals surface area contributed by atoms with Gasteiger partial charge in [-0.15, -0.1) is 12.4 Å². The smallest absolute Gasteiger partial charge is 0.274 e. The molecule has 0 unspecified atom stereocenters. The van der Waals surface area contributed by atoms with Crippen LogP contribution in [0.15, 0.2) is 24.3 Å². The number of fused-ring (bicyclic) bond motifs is 1. The minimum atomic E-state index is -0.0546. The Bertz CT molecular complexity index is 845. The number of carbonyl (C=O) groups excluding carboxylic acids is 2. The van der Waals surface area contributed by atoms with Crippen molar-refractivity contribution in [1.29, 1.82) is 0 Å². The maximum atomic E-state index is 12.8. The second kappa shape index (κ2) is 8.94. The number of nitrogens with one attached hydrogen (secondary N) is 2. The number of rotatable bonds is 3. The van der Waals surface area contributed by atoms with E-state index in [1.54, 1.807) is 17.0 Å². The average molecular weight is 424 g/mol. The quantitative estimate of drug-likeness (QED) is 0.786. The number of benzene rings is 1. The molecule has 1 fully saturated rings. The molecular weight excluding hydrogens is 401 g/mol. The lowest BCUT2D eigenvalue weighted by Crippen LogP contribution is -2.51. The van der Waals surface area contributed by atoms with Gasteiger partial charge in [-0.2, -0.15) is 5.10 Å². The van der Waals surface area contributed by atoms with Crippen LogP contribution in [-0.4, -0.2) is 64.5 Å². The molecule has 9 heteroatoms. The maximum absolute atomic E-state index is 12.8. The van der Waals surface area contributed by atoms with E-state index in [9.17, 15) is 9.59 Å². The normalized spacial score (nSPS) is 16.3. The number of hydrogen-bond donors (Lipinski definition) is 2. The number of piperazine rings is 1. The Morgan fingerprint density at radius 3 is 2.46 bits per heavy atom. The fourth-order valence-electron chi connectivity index (χ4n) is 3.60. The fraction of sp³-hybridized carbons (Fsp3) is 0.421. The van der Waals surface area contributed by atoms with E-state index in [0.29, 0.717) is 49.9 Å². The van der Waals surface area contributed by atoms with E-state index in [2.05, 4.69) is 15.5 Å². The Morgan fingerprint density at radius 1 is 1.07 bits per heavy atom. The highest BCUT2D eigenvalue weighted by molar-refractivity contribution is 6.30. The molecule has 1 saturated heterocycles. The number of halogens is 2. The number of amides is 2. The zero-order valence-electron chi connectivity index (χ0n) is 15.4. The SMILES string of the molecule is Cl.O=C(Cc1ccc(Cl)cc1)N1CCN(C(=O)c2n[nH]c3c2CNCC3)CC1. The summed E-state index contributed by atoms with van der Waals surface area (Å²) in [5, 5.41) is 11.2. The molecule has 2 aliphatic heterocycles. The Hall–Kier alpha value is -2.09. The van der Waals surface area contributed by atoms with Crippen LogP contribution in [0.2, 0.25) is 5.02 Å². The van der Waals surface area contributed by atoms with Gasteiger partial charge in [0.15, 0.2) is 5.69 Å². The van der Waals surface area contributed by atoms with Crippen LogP contribution < -0.4 is 5.32 Å². The van der Waals surface area contributed by atoms with Crippen LogP contribution in [0.25, 0.3) is 0 Å². The standard InChI is InChI=1S/C19H22ClN5O2.ClH/c20-14-3-1-13(2-4-14)11-17(26)24-7-9-25(10-8-24)19(27)18-15-12-21-6-5-16(15)22-23-18;/h1-4,21H,5-12H2,(H,22,23);1H. The van der Waals surface area contributed by atoms with Crippen molar-refractivity contribution < 1.29 is 9.59 Å². The first-order chi connectivity index (χ1) is 13.1. The van der Waals surface area contributed by atoms with E-state index in [0.717, 1.165) is 29.8 Å². The molecule has 4 rings (SSSR count). The summed E-state index contributed by atoms with van der Waals surface area (Å²) in [6.07, 6.45) is 1.21. The molecule has 1 aromatic carbocycles. The number of aromatic amines is 1. The molecular formula is C19H23Cl2N5O2. The molecule has 1 aromatic heterocycles. The Kier molecular flexibility index (Phi) is 6.59. The Labute approximate surface area is 174 Å². The van der Waals surface area contributed by atoms with Crippen molar-refractivity contribution >= 4 is 35.8 Å². The van der Waals surface area contributed by atoms with Gasteiger partial charge < -0.3 is 15.1 Å².